The van der Waals surface area contributed by atoms with Gasteiger partial charge in [0.15, 0.2) is 0 Å². The van der Waals surface area contributed by atoms with Gasteiger partial charge in [-0.3, -0.25) is 0 Å². The van der Waals surface area contributed by atoms with Crippen molar-refractivity contribution in [1.29, 1.82) is 5.26 Å². The predicted molar refractivity (Wildman–Crippen MR) is 91.9 cm³/mol. The average Bonchev–Trinajstić information content (AvgIpc) is 2.53. The van der Waals surface area contributed by atoms with E-state index in [0.717, 1.165) is 25.9 Å². The lowest BCUT2D eigenvalue weighted by molar-refractivity contribution is 0.201. The fourth-order valence-corrected chi connectivity index (χ4v) is 3.50. The van der Waals surface area contributed by atoms with Crippen LogP contribution in [0.4, 0.5) is 0 Å². The van der Waals surface area contributed by atoms with Crippen LogP contribution in [0.15, 0.2) is 24.3 Å². The summed E-state index contributed by atoms with van der Waals surface area (Å²) in [6.45, 7) is 4.65. The first-order chi connectivity index (χ1) is 10.9. The second-order valence-electron chi connectivity index (χ2n) is 6.37. The van der Waals surface area contributed by atoms with Gasteiger partial charge in [0.05, 0.1) is 17.4 Å². The molecule has 126 valence electrons. The highest BCUT2D eigenvalue weighted by molar-refractivity contribution is 7.90. The molecular weight excluding hydrogens is 310 g/mol. The van der Waals surface area contributed by atoms with Crippen molar-refractivity contribution in [3.05, 3.63) is 35.4 Å². The SMILES string of the molecule is C[C@@H](NC1CCN(CCS(C)(=O)=O)CC1)c1ccc(C#N)cc1. The summed E-state index contributed by atoms with van der Waals surface area (Å²) in [7, 11) is -2.88. The quantitative estimate of drug-likeness (QED) is 0.857. The molecule has 0 spiro atoms. The van der Waals surface area contributed by atoms with Crippen molar-refractivity contribution in [1.82, 2.24) is 10.2 Å². The molecule has 1 heterocycles. The smallest absolute Gasteiger partial charge is 0.148 e. The van der Waals surface area contributed by atoms with Crippen LogP contribution in [0.3, 0.4) is 0 Å². The minimum Gasteiger partial charge on any atom is -0.307 e. The van der Waals surface area contributed by atoms with E-state index >= 15 is 0 Å². The number of nitrogens with one attached hydrogen (secondary N) is 1. The highest BCUT2D eigenvalue weighted by Gasteiger charge is 2.21. The fourth-order valence-electron chi connectivity index (χ4n) is 2.91. The molecule has 1 aromatic rings. The number of sulfone groups is 1. The van der Waals surface area contributed by atoms with Crippen molar-refractivity contribution in [2.45, 2.75) is 31.8 Å². The molecule has 0 bridgehead atoms. The van der Waals surface area contributed by atoms with Gasteiger partial charge in [0.25, 0.3) is 0 Å². The number of hydrogen-bond acceptors (Lipinski definition) is 5. The molecule has 1 saturated heterocycles. The molecule has 1 aromatic carbocycles. The number of hydrogen-bond donors (Lipinski definition) is 1. The summed E-state index contributed by atoms with van der Waals surface area (Å²) in [5.41, 5.74) is 1.86. The Hall–Kier alpha value is -1.42. The molecule has 0 aliphatic carbocycles. The molecule has 0 amide bonds. The summed E-state index contributed by atoms with van der Waals surface area (Å²) in [5.74, 6) is 0.243. The van der Waals surface area contributed by atoms with E-state index in [9.17, 15) is 8.42 Å². The summed E-state index contributed by atoms with van der Waals surface area (Å²) in [6.07, 6.45) is 3.36. The van der Waals surface area contributed by atoms with Gasteiger partial charge in [-0.15, -0.1) is 0 Å². The molecule has 23 heavy (non-hydrogen) atoms. The van der Waals surface area contributed by atoms with Crippen LogP contribution in [0.2, 0.25) is 0 Å². The predicted octanol–water partition coefficient (Wildman–Crippen LogP) is 1.72. The molecule has 1 aliphatic rings. The van der Waals surface area contributed by atoms with Gasteiger partial charge in [-0.1, -0.05) is 12.1 Å². The molecule has 1 atom stereocenters. The average molecular weight is 335 g/mol. The Labute approximate surface area is 139 Å². The number of benzene rings is 1. The number of nitriles is 1. The molecule has 1 aliphatic heterocycles. The maximum absolute atomic E-state index is 11.2. The lowest BCUT2D eigenvalue weighted by Gasteiger charge is -2.33. The molecule has 0 unspecified atom stereocenters. The van der Waals surface area contributed by atoms with Gasteiger partial charge < -0.3 is 10.2 Å². The molecule has 0 saturated carbocycles. The number of piperidine rings is 1. The third-order valence-corrected chi connectivity index (χ3v) is 5.32. The summed E-state index contributed by atoms with van der Waals surface area (Å²) in [4.78, 5) is 2.23. The van der Waals surface area contributed by atoms with E-state index in [2.05, 4.69) is 23.2 Å². The minimum absolute atomic E-state index is 0.243. The van der Waals surface area contributed by atoms with Crippen LogP contribution >= 0.6 is 0 Å². The summed E-state index contributed by atoms with van der Waals surface area (Å²) < 4.78 is 22.5. The zero-order valence-electron chi connectivity index (χ0n) is 13.8. The van der Waals surface area contributed by atoms with E-state index in [4.69, 9.17) is 5.26 Å². The lowest BCUT2D eigenvalue weighted by atomic mass is 10.0. The number of likely N-dealkylation sites (tertiary alicyclic amines) is 1. The zero-order chi connectivity index (χ0) is 16.9. The second-order valence-corrected chi connectivity index (χ2v) is 8.63. The maximum atomic E-state index is 11.2. The lowest BCUT2D eigenvalue weighted by Crippen LogP contribution is -2.44. The van der Waals surface area contributed by atoms with Gasteiger partial charge in [-0.2, -0.15) is 5.26 Å². The van der Waals surface area contributed by atoms with E-state index in [0.29, 0.717) is 18.2 Å². The van der Waals surface area contributed by atoms with Crippen molar-refractivity contribution in [2.75, 3.05) is 31.6 Å². The monoisotopic (exact) mass is 335 g/mol. The molecule has 6 heteroatoms. The van der Waals surface area contributed by atoms with Gasteiger partial charge in [0.1, 0.15) is 9.84 Å². The van der Waals surface area contributed by atoms with Gasteiger partial charge in [0.2, 0.25) is 0 Å². The highest BCUT2D eigenvalue weighted by atomic mass is 32.2. The van der Waals surface area contributed by atoms with Crippen LogP contribution in [0.1, 0.15) is 36.9 Å². The normalized spacial score (nSPS) is 18.5. The van der Waals surface area contributed by atoms with Gasteiger partial charge in [-0.25, -0.2) is 8.42 Å². The van der Waals surface area contributed by atoms with Gasteiger partial charge in [0, 0.05) is 24.9 Å². The Morgan fingerprint density at radius 2 is 1.91 bits per heavy atom. The number of nitrogens with zero attached hydrogens (tertiary/aromatic N) is 2. The highest BCUT2D eigenvalue weighted by Crippen LogP contribution is 2.18. The first-order valence-electron chi connectivity index (χ1n) is 8.03. The minimum atomic E-state index is -2.88. The van der Waals surface area contributed by atoms with E-state index in [1.807, 2.05) is 24.3 Å². The Morgan fingerprint density at radius 3 is 2.43 bits per heavy atom. The van der Waals surface area contributed by atoms with Crippen molar-refractivity contribution >= 4 is 9.84 Å². The Morgan fingerprint density at radius 1 is 1.30 bits per heavy atom. The van der Waals surface area contributed by atoms with E-state index in [-0.39, 0.29) is 11.8 Å². The zero-order valence-corrected chi connectivity index (χ0v) is 14.6. The van der Waals surface area contributed by atoms with Crippen LogP contribution in [0.25, 0.3) is 0 Å². The molecule has 0 aromatic heterocycles. The Balaban J connectivity index is 1.78. The Kier molecular flexibility index (Phi) is 6.17. The van der Waals surface area contributed by atoms with Crippen LogP contribution in [-0.4, -0.2) is 51.0 Å². The topological polar surface area (TPSA) is 73.2 Å². The second kappa shape index (κ2) is 7.91. The third-order valence-electron chi connectivity index (χ3n) is 4.39. The van der Waals surface area contributed by atoms with Crippen molar-refractivity contribution < 1.29 is 8.42 Å². The molecule has 1 fully saturated rings. The van der Waals surface area contributed by atoms with E-state index < -0.39 is 9.84 Å². The fraction of sp³-hybridized carbons (Fsp3) is 0.588. The molecule has 2 rings (SSSR count). The molecule has 0 radical (unpaired) electrons. The van der Waals surface area contributed by atoms with Crippen molar-refractivity contribution in [3.8, 4) is 6.07 Å². The largest absolute Gasteiger partial charge is 0.307 e. The van der Waals surface area contributed by atoms with Crippen molar-refractivity contribution in [3.63, 3.8) is 0 Å². The molecule has 5 nitrogen and oxygen atoms in total. The summed E-state index contributed by atoms with van der Waals surface area (Å²) in [6, 6.07) is 10.5. The standard InChI is InChI=1S/C17H25N3O2S/c1-14(16-5-3-15(13-18)4-6-16)19-17-7-9-20(10-8-17)11-12-23(2,21)22/h3-6,14,17,19H,7-12H2,1-2H3/t14-/m1/s1. The van der Waals surface area contributed by atoms with Crippen molar-refractivity contribution in [2.24, 2.45) is 0 Å². The molecular formula is C17H25N3O2S. The first kappa shape index (κ1) is 17.9. The van der Waals surface area contributed by atoms with Crippen LogP contribution in [0, 0.1) is 11.3 Å². The van der Waals surface area contributed by atoms with Crippen LogP contribution in [-0.2, 0) is 9.84 Å². The first-order valence-corrected chi connectivity index (χ1v) is 10.1. The van der Waals surface area contributed by atoms with E-state index in [1.54, 1.807) is 0 Å². The number of rotatable bonds is 6. The summed E-state index contributed by atoms with van der Waals surface area (Å²) in [5, 5.41) is 12.5. The maximum Gasteiger partial charge on any atom is 0.148 e. The van der Waals surface area contributed by atoms with E-state index in [1.165, 1.54) is 11.8 Å². The van der Waals surface area contributed by atoms with Gasteiger partial charge in [-0.05, 0) is 50.6 Å². The van der Waals surface area contributed by atoms with Crippen LogP contribution < -0.4 is 5.32 Å². The molecule has 1 N–H and O–H groups in total. The third kappa shape index (κ3) is 5.94. The summed E-state index contributed by atoms with van der Waals surface area (Å²) >= 11 is 0. The van der Waals surface area contributed by atoms with Crippen LogP contribution in [0.5, 0.6) is 0 Å². The Bertz CT molecular complexity index is 641. The van der Waals surface area contributed by atoms with Gasteiger partial charge >= 0.3 is 0 Å².